The monoisotopic (exact) mass is 176 g/mol. The van der Waals surface area contributed by atoms with Crippen LogP contribution in [0.5, 0.6) is 0 Å². The molecule has 2 aromatic rings. The molecule has 0 radical (unpaired) electrons. The molecule has 60 valence electrons. The second kappa shape index (κ2) is 3.03. The van der Waals surface area contributed by atoms with E-state index in [2.05, 4.69) is 16.5 Å². The van der Waals surface area contributed by atoms with Gasteiger partial charge in [-0.3, -0.25) is 0 Å². The highest BCUT2D eigenvalue weighted by Gasteiger charge is 2.01. The zero-order valence-corrected chi connectivity index (χ0v) is 7.34. The quantitative estimate of drug-likeness (QED) is 0.657. The number of rotatable bonds is 2. The Morgan fingerprint density at radius 1 is 1.50 bits per heavy atom. The van der Waals surface area contributed by atoms with E-state index >= 15 is 0 Å². The second-order valence-electron chi connectivity index (χ2n) is 2.47. The topological polar surface area (TPSA) is 25.8 Å². The summed E-state index contributed by atoms with van der Waals surface area (Å²) in [4.78, 5) is 8.28. The SMILES string of the molecule is C=CCc1ccnc2ncsc12. The zero-order valence-electron chi connectivity index (χ0n) is 6.53. The normalized spacial score (nSPS) is 10.3. The maximum atomic E-state index is 4.15. The number of aromatic nitrogens is 2. The highest BCUT2D eigenvalue weighted by molar-refractivity contribution is 7.16. The summed E-state index contributed by atoms with van der Waals surface area (Å²) < 4.78 is 1.18. The minimum Gasteiger partial charge on any atom is -0.236 e. The van der Waals surface area contributed by atoms with Gasteiger partial charge in [0.2, 0.25) is 0 Å². The van der Waals surface area contributed by atoms with Crippen molar-refractivity contribution in [1.29, 1.82) is 0 Å². The van der Waals surface area contributed by atoms with Crippen LogP contribution >= 0.6 is 11.3 Å². The number of pyridine rings is 1. The lowest BCUT2D eigenvalue weighted by molar-refractivity contribution is 1.26. The van der Waals surface area contributed by atoms with E-state index in [1.54, 1.807) is 17.5 Å². The van der Waals surface area contributed by atoms with E-state index in [1.807, 2.05) is 17.7 Å². The highest BCUT2D eigenvalue weighted by Crippen LogP contribution is 2.20. The van der Waals surface area contributed by atoms with E-state index < -0.39 is 0 Å². The summed E-state index contributed by atoms with van der Waals surface area (Å²) in [6.45, 7) is 3.71. The fourth-order valence-corrected chi connectivity index (χ4v) is 1.91. The van der Waals surface area contributed by atoms with Gasteiger partial charge < -0.3 is 0 Å². The van der Waals surface area contributed by atoms with Crippen LogP contribution in [0.3, 0.4) is 0 Å². The van der Waals surface area contributed by atoms with Gasteiger partial charge in [-0.15, -0.1) is 17.9 Å². The Labute approximate surface area is 74.6 Å². The van der Waals surface area contributed by atoms with Gasteiger partial charge in [-0.1, -0.05) is 6.08 Å². The van der Waals surface area contributed by atoms with E-state index in [-0.39, 0.29) is 0 Å². The lowest BCUT2D eigenvalue weighted by Crippen LogP contribution is -1.83. The van der Waals surface area contributed by atoms with Crippen LogP contribution in [0.25, 0.3) is 10.3 Å². The number of thiazole rings is 1. The highest BCUT2D eigenvalue weighted by atomic mass is 32.1. The third-order valence-corrected chi connectivity index (χ3v) is 2.57. The standard InChI is InChI=1S/C9H8N2S/c1-2-3-7-4-5-10-9-8(7)12-6-11-9/h2,4-6H,1,3H2. The Balaban J connectivity index is 2.65. The summed E-state index contributed by atoms with van der Waals surface area (Å²) in [5.41, 5.74) is 3.93. The van der Waals surface area contributed by atoms with Crippen LogP contribution in [0.2, 0.25) is 0 Å². The van der Waals surface area contributed by atoms with Crippen LogP contribution < -0.4 is 0 Å². The summed E-state index contributed by atoms with van der Waals surface area (Å²) >= 11 is 1.63. The number of allylic oxidation sites excluding steroid dienone is 1. The van der Waals surface area contributed by atoms with Crippen LogP contribution in [-0.2, 0) is 6.42 Å². The van der Waals surface area contributed by atoms with E-state index in [1.165, 1.54) is 10.3 Å². The van der Waals surface area contributed by atoms with E-state index in [0.29, 0.717) is 0 Å². The molecule has 3 heteroatoms. The average molecular weight is 176 g/mol. The van der Waals surface area contributed by atoms with Gasteiger partial charge >= 0.3 is 0 Å². The third kappa shape index (κ3) is 1.12. The maximum Gasteiger partial charge on any atom is 0.170 e. The van der Waals surface area contributed by atoms with Crippen molar-refractivity contribution in [3.63, 3.8) is 0 Å². The fourth-order valence-electron chi connectivity index (χ4n) is 1.14. The van der Waals surface area contributed by atoms with Crippen LogP contribution in [0.4, 0.5) is 0 Å². The van der Waals surface area contributed by atoms with Gasteiger partial charge in [0.1, 0.15) is 0 Å². The van der Waals surface area contributed by atoms with Gasteiger partial charge in [-0.05, 0) is 18.1 Å². The summed E-state index contributed by atoms with van der Waals surface area (Å²) in [5.74, 6) is 0. The van der Waals surface area contributed by atoms with Crippen molar-refractivity contribution < 1.29 is 0 Å². The molecule has 2 aromatic heterocycles. The predicted octanol–water partition coefficient (Wildman–Crippen LogP) is 2.42. The molecular weight excluding hydrogens is 168 g/mol. The third-order valence-electron chi connectivity index (χ3n) is 1.68. The molecule has 2 rings (SSSR count). The van der Waals surface area contributed by atoms with Crippen molar-refractivity contribution in [2.45, 2.75) is 6.42 Å². The van der Waals surface area contributed by atoms with Crippen molar-refractivity contribution in [1.82, 2.24) is 9.97 Å². The van der Waals surface area contributed by atoms with Crippen molar-refractivity contribution in [3.05, 3.63) is 36.0 Å². The minimum atomic E-state index is 0.847. The molecule has 2 heterocycles. The molecule has 0 fully saturated rings. The summed E-state index contributed by atoms with van der Waals surface area (Å²) in [5, 5.41) is 0. The molecule has 12 heavy (non-hydrogen) atoms. The number of fused-ring (bicyclic) bond motifs is 1. The van der Waals surface area contributed by atoms with Gasteiger partial charge in [-0.2, -0.15) is 0 Å². The van der Waals surface area contributed by atoms with Gasteiger partial charge in [0.15, 0.2) is 5.65 Å². The molecule has 0 saturated heterocycles. The smallest absolute Gasteiger partial charge is 0.170 e. The fraction of sp³-hybridized carbons (Fsp3) is 0.111. The van der Waals surface area contributed by atoms with Gasteiger partial charge in [0.05, 0.1) is 10.2 Å². The van der Waals surface area contributed by atoms with E-state index in [0.717, 1.165) is 12.1 Å². The van der Waals surface area contributed by atoms with Crippen LogP contribution in [0.15, 0.2) is 30.4 Å². The van der Waals surface area contributed by atoms with Crippen molar-refractivity contribution >= 4 is 21.7 Å². The first-order valence-electron chi connectivity index (χ1n) is 3.70. The van der Waals surface area contributed by atoms with Gasteiger partial charge in [-0.25, -0.2) is 9.97 Å². The predicted molar refractivity (Wildman–Crippen MR) is 51.3 cm³/mol. The van der Waals surface area contributed by atoms with Gasteiger partial charge in [0, 0.05) is 6.20 Å². The van der Waals surface area contributed by atoms with E-state index in [4.69, 9.17) is 0 Å². The van der Waals surface area contributed by atoms with Crippen LogP contribution in [-0.4, -0.2) is 9.97 Å². The lowest BCUT2D eigenvalue weighted by Gasteiger charge is -1.95. The first kappa shape index (κ1) is 7.43. The Kier molecular flexibility index (Phi) is 1.87. The maximum absolute atomic E-state index is 4.15. The molecule has 0 unspecified atom stereocenters. The molecule has 0 spiro atoms. The summed E-state index contributed by atoms with van der Waals surface area (Å²) in [7, 11) is 0. The summed E-state index contributed by atoms with van der Waals surface area (Å²) in [6, 6.07) is 2.02. The number of hydrogen-bond acceptors (Lipinski definition) is 3. The Hall–Kier alpha value is -1.22. The minimum absolute atomic E-state index is 0.847. The molecule has 0 saturated carbocycles. The first-order chi connectivity index (χ1) is 5.92. The van der Waals surface area contributed by atoms with Crippen LogP contribution in [0, 0.1) is 0 Å². The molecule has 0 bridgehead atoms. The van der Waals surface area contributed by atoms with Crippen molar-refractivity contribution in [2.24, 2.45) is 0 Å². The first-order valence-corrected chi connectivity index (χ1v) is 4.58. The average Bonchev–Trinajstić information content (AvgIpc) is 2.53. The molecule has 0 aliphatic rings. The Bertz CT molecular complexity index is 406. The van der Waals surface area contributed by atoms with Crippen molar-refractivity contribution in [2.75, 3.05) is 0 Å². The lowest BCUT2D eigenvalue weighted by atomic mass is 10.2. The largest absolute Gasteiger partial charge is 0.236 e. The molecule has 0 aliphatic carbocycles. The second-order valence-corrected chi connectivity index (χ2v) is 3.32. The zero-order chi connectivity index (χ0) is 8.39. The van der Waals surface area contributed by atoms with Gasteiger partial charge in [0.25, 0.3) is 0 Å². The Morgan fingerprint density at radius 2 is 2.42 bits per heavy atom. The molecule has 0 aliphatic heterocycles. The molecule has 0 N–H and O–H groups in total. The van der Waals surface area contributed by atoms with Crippen LogP contribution in [0.1, 0.15) is 5.56 Å². The Morgan fingerprint density at radius 3 is 3.25 bits per heavy atom. The summed E-state index contributed by atoms with van der Waals surface area (Å²) in [6.07, 6.45) is 4.58. The number of hydrogen-bond donors (Lipinski definition) is 0. The number of nitrogens with zero attached hydrogens (tertiary/aromatic N) is 2. The molecule has 2 nitrogen and oxygen atoms in total. The molecular formula is C9H8N2S. The molecule has 0 amide bonds. The molecule has 0 aromatic carbocycles. The van der Waals surface area contributed by atoms with Crippen molar-refractivity contribution in [3.8, 4) is 0 Å². The molecule has 0 atom stereocenters. The van der Waals surface area contributed by atoms with E-state index in [9.17, 15) is 0 Å².